The third-order valence-electron chi connectivity index (χ3n) is 4.20. The van der Waals surface area contributed by atoms with Crippen LogP contribution in [0.3, 0.4) is 0 Å². The molecule has 164 valence electrons. The van der Waals surface area contributed by atoms with Crippen molar-refractivity contribution in [1.29, 1.82) is 0 Å². The Morgan fingerprint density at radius 3 is 2.30 bits per heavy atom. The summed E-state index contributed by atoms with van der Waals surface area (Å²) in [7, 11) is -0.815. The molecule has 10 heteroatoms. The van der Waals surface area contributed by atoms with Crippen molar-refractivity contribution in [3.05, 3.63) is 47.5 Å². The highest BCUT2D eigenvalue weighted by atomic mass is 35.5. The van der Waals surface area contributed by atoms with E-state index in [0.29, 0.717) is 16.5 Å². The van der Waals surface area contributed by atoms with Crippen LogP contribution in [0, 0.1) is 0 Å². The van der Waals surface area contributed by atoms with Crippen LogP contribution in [0.15, 0.2) is 42.5 Å². The summed E-state index contributed by atoms with van der Waals surface area (Å²) in [5.41, 5.74) is 0.185. The lowest BCUT2D eigenvalue weighted by Crippen LogP contribution is -2.48. The van der Waals surface area contributed by atoms with E-state index in [2.05, 4.69) is 5.32 Å². The molecular weight excluding hydrogens is 432 g/mol. The molecule has 1 amide bonds. The average molecular weight is 457 g/mol. The SMILES string of the molecule is COc1ccc(OCCNC(=O)[C@@H](C)N(c2cc(Cl)ccc2OC)S(C)(=O)=O)cc1. The minimum atomic E-state index is -3.80. The van der Waals surface area contributed by atoms with Crippen LogP contribution in [0.2, 0.25) is 5.02 Å². The third kappa shape index (κ3) is 6.17. The number of ether oxygens (including phenoxy) is 3. The fraction of sp³-hybridized carbons (Fsp3) is 0.350. The van der Waals surface area contributed by atoms with Gasteiger partial charge < -0.3 is 19.5 Å². The van der Waals surface area contributed by atoms with E-state index in [4.69, 9.17) is 25.8 Å². The van der Waals surface area contributed by atoms with Crippen molar-refractivity contribution in [2.75, 3.05) is 37.9 Å². The molecule has 2 aromatic carbocycles. The molecule has 8 nitrogen and oxygen atoms in total. The van der Waals surface area contributed by atoms with Crippen molar-refractivity contribution in [2.24, 2.45) is 0 Å². The second-order valence-corrected chi connectivity index (χ2v) is 8.66. The van der Waals surface area contributed by atoms with Gasteiger partial charge >= 0.3 is 0 Å². The average Bonchev–Trinajstić information content (AvgIpc) is 2.70. The molecule has 0 heterocycles. The topological polar surface area (TPSA) is 94.2 Å². The van der Waals surface area contributed by atoms with Crippen LogP contribution in [0.1, 0.15) is 6.92 Å². The number of rotatable bonds is 10. The van der Waals surface area contributed by atoms with Crippen molar-refractivity contribution in [3.63, 3.8) is 0 Å². The number of sulfonamides is 1. The molecule has 2 rings (SSSR count). The van der Waals surface area contributed by atoms with Crippen LogP contribution in [0.25, 0.3) is 0 Å². The first-order valence-corrected chi connectivity index (χ1v) is 11.3. The second kappa shape index (κ2) is 10.4. The number of methoxy groups -OCH3 is 2. The Morgan fingerprint density at radius 2 is 1.73 bits per heavy atom. The quantitative estimate of drug-likeness (QED) is 0.552. The monoisotopic (exact) mass is 456 g/mol. The number of anilines is 1. The maximum atomic E-state index is 12.6. The van der Waals surface area contributed by atoms with Gasteiger partial charge in [-0.05, 0) is 49.4 Å². The van der Waals surface area contributed by atoms with Gasteiger partial charge in [0.2, 0.25) is 15.9 Å². The molecule has 0 aliphatic heterocycles. The van der Waals surface area contributed by atoms with Crippen LogP contribution in [0.4, 0.5) is 5.69 Å². The molecule has 2 aromatic rings. The summed E-state index contributed by atoms with van der Waals surface area (Å²) in [4.78, 5) is 12.6. The van der Waals surface area contributed by atoms with Gasteiger partial charge in [-0.15, -0.1) is 0 Å². The van der Waals surface area contributed by atoms with E-state index in [1.807, 2.05) is 0 Å². The molecule has 0 aliphatic carbocycles. The second-order valence-electron chi connectivity index (χ2n) is 6.37. The van der Waals surface area contributed by atoms with Gasteiger partial charge in [-0.2, -0.15) is 0 Å². The van der Waals surface area contributed by atoms with E-state index >= 15 is 0 Å². The van der Waals surface area contributed by atoms with Gasteiger partial charge in [0.1, 0.15) is 29.9 Å². The van der Waals surface area contributed by atoms with Crippen LogP contribution in [0.5, 0.6) is 17.2 Å². The van der Waals surface area contributed by atoms with E-state index in [1.165, 1.54) is 20.1 Å². The highest BCUT2D eigenvalue weighted by Gasteiger charge is 2.31. The Bertz CT molecular complexity index is 966. The van der Waals surface area contributed by atoms with Gasteiger partial charge in [0.15, 0.2) is 0 Å². The van der Waals surface area contributed by atoms with Crippen molar-refractivity contribution >= 4 is 33.2 Å². The standard InChI is InChI=1S/C20H25ClN2O6S/c1-14(20(24)22-11-12-29-17-8-6-16(27-2)7-9-17)23(30(4,25)26)18-13-15(21)5-10-19(18)28-3/h5-10,13-14H,11-12H2,1-4H3,(H,22,24)/t14-/m1/s1. The summed E-state index contributed by atoms with van der Waals surface area (Å²) in [6.07, 6.45) is 1.02. The largest absolute Gasteiger partial charge is 0.497 e. The predicted octanol–water partition coefficient (Wildman–Crippen LogP) is 2.71. The van der Waals surface area contributed by atoms with Crippen molar-refractivity contribution < 1.29 is 27.4 Å². The first kappa shape index (κ1) is 23.6. The molecule has 0 fully saturated rings. The van der Waals surface area contributed by atoms with Gasteiger partial charge in [0.05, 0.1) is 32.7 Å². The fourth-order valence-corrected chi connectivity index (χ4v) is 4.12. The predicted molar refractivity (Wildman–Crippen MR) is 116 cm³/mol. The zero-order chi connectivity index (χ0) is 22.3. The molecule has 0 saturated heterocycles. The normalized spacial score (nSPS) is 12.0. The van der Waals surface area contributed by atoms with Crippen molar-refractivity contribution in [1.82, 2.24) is 5.32 Å². The van der Waals surface area contributed by atoms with Gasteiger partial charge in [0.25, 0.3) is 0 Å². The number of nitrogens with one attached hydrogen (secondary N) is 1. The van der Waals surface area contributed by atoms with Gasteiger partial charge in [0, 0.05) is 5.02 Å². The summed E-state index contributed by atoms with van der Waals surface area (Å²) in [6.45, 7) is 1.89. The minimum absolute atomic E-state index is 0.185. The molecule has 1 atom stereocenters. The molecule has 0 bridgehead atoms. The summed E-state index contributed by atoms with van der Waals surface area (Å²) >= 11 is 6.03. The van der Waals surface area contributed by atoms with Crippen molar-refractivity contribution in [2.45, 2.75) is 13.0 Å². The molecule has 0 aliphatic rings. The summed E-state index contributed by atoms with van der Waals surface area (Å²) in [5, 5.41) is 3.00. The Morgan fingerprint density at radius 1 is 1.10 bits per heavy atom. The molecule has 0 unspecified atom stereocenters. The van der Waals surface area contributed by atoms with E-state index in [9.17, 15) is 13.2 Å². The Balaban J connectivity index is 2.04. The van der Waals surface area contributed by atoms with Crippen LogP contribution in [-0.4, -0.2) is 54.0 Å². The molecule has 30 heavy (non-hydrogen) atoms. The number of nitrogens with zero attached hydrogens (tertiary/aromatic N) is 1. The molecule has 0 radical (unpaired) electrons. The number of amides is 1. The van der Waals surface area contributed by atoms with Crippen LogP contribution >= 0.6 is 11.6 Å². The Labute approximate surface area is 181 Å². The first-order chi connectivity index (χ1) is 14.2. The molecule has 0 saturated carbocycles. The first-order valence-electron chi connectivity index (χ1n) is 9.05. The van der Waals surface area contributed by atoms with E-state index in [1.54, 1.807) is 43.5 Å². The highest BCUT2D eigenvalue weighted by Crippen LogP contribution is 2.34. The Hall–Kier alpha value is -2.65. The number of carbonyl (C=O) groups excluding carboxylic acids is 1. The summed E-state index contributed by atoms with van der Waals surface area (Å²) in [5.74, 6) is 1.13. The number of carbonyl (C=O) groups is 1. The summed E-state index contributed by atoms with van der Waals surface area (Å²) in [6, 6.07) is 10.6. The zero-order valence-electron chi connectivity index (χ0n) is 17.2. The molecule has 0 aromatic heterocycles. The lowest BCUT2D eigenvalue weighted by atomic mass is 10.2. The van der Waals surface area contributed by atoms with Gasteiger partial charge in [-0.3, -0.25) is 9.10 Å². The Kier molecular flexibility index (Phi) is 8.19. The molecule has 0 spiro atoms. The third-order valence-corrected chi connectivity index (χ3v) is 5.66. The fourth-order valence-electron chi connectivity index (χ4n) is 2.78. The zero-order valence-corrected chi connectivity index (χ0v) is 18.8. The number of hydrogen-bond acceptors (Lipinski definition) is 6. The van der Waals surface area contributed by atoms with Gasteiger partial charge in [-0.1, -0.05) is 11.6 Å². The highest BCUT2D eigenvalue weighted by molar-refractivity contribution is 7.92. The number of hydrogen-bond donors (Lipinski definition) is 1. The van der Waals surface area contributed by atoms with E-state index < -0.39 is 22.0 Å². The lowest BCUT2D eigenvalue weighted by Gasteiger charge is -2.29. The van der Waals surface area contributed by atoms with Gasteiger partial charge in [-0.25, -0.2) is 8.42 Å². The number of benzene rings is 2. The molecular formula is C20H25ClN2O6S. The maximum Gasteiger partial charge on any atom is 0.243 e. The molecule has 1 N–H and O–H groups in total. The van der Waals surface area contributed by atoms with E-state index in [0.717, 1.165) is 10.6 Å². The number of halogens is 1. The minimum Gasteiger partial charge on any atom is -0.497 e. The van der Waals surface area contributed by atoms with Crippen molar-refractivity contribution in [3.8, 4) is 17.2 Å². The lowest BCUT2D eigenvalue weighted by molar-refractivity contribution is -0.121. The van der Waals surface area contributed by atoms with Crippen LogP contribution in [-0.2, 0) is 14.8 Å². The van der Waals surface area contributed by atoms with Crippen LogP contribution < -0.4 is 23.8 Å². The summed E-state index contributed by atoms with van der Waals surface area (Å²) < 4.78 is 41.7. The smallest absolute Gasteiger partial charge is 0.243 e. The maximum absolute atomic E-state index is 12.6. The van der Waals surface area contributed by atoms with E-state index in [-0.39, 0.29) is 24.6 Å².